The fourth-order valence-corrected chi connectivity index (χ4v) is 3.25. The van der Waals surface area contributed by atoms with Crippen molar-refractivity contribution in [3.8, 4) is 11.3 Å². The number of aromatic nitrogens is 1. The number of thiazole rings is 1. The summed E-state index contributed by atoms with van der Waals surface area (Å²) in [7, 11) is 0. The highest BCUT2D eigenvalue weighted by Gasteiger charge is 2.12. The zero-order valence-electron chi connectivity index (χ0n) is 11.9. The first-order valence-electron chi connectivity index (χ1n) is 7.28. The van der Waals surface area contributed by atoms with Crippen LogP contribution in [0.15, 0.2) is 29.6 Å². The van der Waals surface area contributed by atoms with Gasteiger partial charge in [0, 0.05) is 23.2 Å². The largest absolute Gasteiger partial charge is 0.385 e. The molecule has 2 aromatic rings. The van der Waals surface area contributed by atoms with Gasteiger partial charge in [0.2, 0.25) is 0 Å². The van der Waals surface area contributed by atoms with Gasteiger partial charge in [-0.1, -0.05) is 12.1 Å². The summed E-state index contributed by atoms with van der Waals surface area (Å²) >= 11 is 1.70. The molecule has 106 valence electrons. The third-order valence-electron chi connectivity index (χ3n) is 3.83. The van der Waals surface area contributed by atoms with E-state index in [1.54, 1.807) is 11.3 Å². The predicted octanol–water partition coefficient (Wildman–Crippen LogP) is 3.53. The average molecular weight is 287 g/mol. The topological polar surface area (TPSA) is 37.0 Å². The lowest BCUT2D eigenvalue weighted by Crippen LogP contribution is -2.31. The van der Waals surface area contributed by atoms with Crippen LogP contribution < -0.4 is 10.6 Å². The van der Waals surface area contributed by atoms with E-state index in [-0.39, 0.29) is 0 Å². The normalized spacial score (nSPS) is 16.2. The number of nitrogens with one attached hydrogen (secondary N) is 2. The minimum Gasteiger partial charge on any atom is -0.385 e. The number of piperidine rings is 1. The molecule has 0 atom stereocenters. The van der Waals surface area contributed by atoms with Gasteiger partial charge in [0.1, 0.15) is 0 Å². The molecule has 2 heterocycles. The van der Waals surface area contributed by atoms with E-state index in [0.717, 1.165) is 36.3 Å². The SMILES string of the molecule is Cc1nc(-c2cccc(NCC3CCNCC3)c2)cs1. The second kappa shape index (κ2) is 6.37. The lowest BCUT2D eigenvalue weighted by Gasteiger charge is -2.23. The maximum Gasteiger partial charge on any atom is 0.0901 e. The van der Waals surface area contributed by atoms with Crippen LogP contribution in [0.2, 0.25) is 0 Å². The monoisotopic (exact) mass is 287 g/mol. The molecule has 0 unspecified atom stereocenters. The van der Waals surface area contributed by atoms with Crippen molar-refractivity contribution in [1.82, 2.24) is 10.3 Å². The van der Waals surface area contributed by atoms with Crippen molar-refractivity contribution in [2.45, 2.75) is 19.8 Å². The minimum absolute atomic E-state index is 0.793. The van der Waals surface area contributed by atoms with E-state index < -0.39 is 0 Å². The second-order valence-electron chi connectivity index (χ2n) is 5.41. The fourth-order valence-electron chi connectivity index (χ4n) is 2.63. The molecule has 20 heavy (non-hydrogen) atoms. The Morgan fingerprint density at radius 2 is 2.20 bits per heavy atom. The van der Waals surface area contributed by atoms with Crippen LogP contribution in [0.25, 0.3) is 11.3 Å². The van der Waals surface area contributed by atoms with Gasteiger partial charge in [0.25, 0.3) is 0 Å². The van der Waals surface area contributed by atoms with Gasteiger partial charge < -0.3 is 10.6 Å². The lowest BCUT2D eigenvalue weighted by molar-refractivity contribution is 0.390. The summed E-state index contributed by atoms with van der Waals surface area (Å²) in [5.41, 5.74) is 3.48. The number of hydrogen-bond acceptors (Lipinski definition) is 4. The van der Waals surface area contributed by atoms with Gasteiger partial charge in [0.05, 0.1) is 10.7 Å². The second-order valence-corrected chi connectivity index (χ2v) is 6.47. The van der Waals surface area contributed by atoms with Crippen molar-refractivity contribution in [3.63, 3.8) is 0 Å². The molecule has 1 aliphatic heterocycles. The van der Waals surface area contributed by atoms with Crippen molar-refractivity contribution in [2.75, 3.05) is 25.0 Å². The Morgan fingerprint density at radius 3 is 2.95 bits per heavy atom. The van der Waals surface area contributed by atoms with Crippen molar-refractivity contribution in [2.24, 2.45) is 5.92 Å². The molecule has 1 aromatic carbocycles. The Bertz CT molecular complexity index is 558. The molecule has 3 rings (SSSR count). The summed E-state index contributed by atoms with van der Waals surface area (Å²) in [5, 5.41) is 10.2. The Balaban J connectivity index is 1.65. The van der Waals surface area contributed by atoms with Crippen molar-refractivity contribution in [3.05, 3.63) is 34.7 Å². The van der Waals surface area contributed by atoms with Gasteiger partial charge in [0.15, 0.2) is 0 Å². The quantitative estimate of drug-likeness (QED) is 0.903. The Kier molecular flexibility index (Phi) is 4.33. The third-order valence-corrected chi connectivity index (χ3v) is 4.60. The van der Waals surface area contributed by atoms with Gasteiger partial charge in [-0.3, -0.25) is 0 Å². The first kappa shape index (κ1) is 13.6. The van der Waals surface area contributed by atoms with Crippen LogP contribution in [0.1, 0.15) is 17.8 Å². The Labute approximate surface area is 124 Å². The van der Waals surface area contributed by atoms with Gasteiger partial charge in [-0.25, -0.2) is 4.98 Å². The standard InChI is InChI=1S/C16H21N3S/c1-12-19-16(11-20-12)14-3-2-4-15(9-14)18-10-13-5-7-17-8-6-13/h2-4,9,11,13,17-18H,5-8,10H2,1H3. The van der Waals surface area contributed by atoms with Crippen molar-refractivity contribution in [1.29, 1.82) is 0 Å². The molecule has 1 saturated heterocycles. The Hall–Kier alpha value is -1.39. The third kappa shape index (κ3) is 3.38. The zero-order chi connectivity index (χ0) is 13.8. The van der Waals surface area contributed by atoms with Crippen LogP contribution in [-0.4, -0.2) is 24.6 Å². The maximum atomic E-state index is 4.55. The molecule has 0 aliphatic carbocycles. The molecule has 1 fully saturated rings. The van der Waals surface area contributed by atoms with Crippen LogP contribution in [-0.2, 0) is 0 Å². The summed E-state index contributed by atoms with van der Waals surface area (Å²) in [6.07, 6.45) is 2.55. The summed E-state index contributed by atoms with van der Waals surface area (Å²) < 4.78 is 0. The lowest BCUT2D eigenvalue weighted by atomic mass is 9.98. The van der Waals surface area contributed by atoms with Crippen LogP contribution in [0.3, 0.4) is 0 Å². The average Bonchev–Trinajstić information content (AvgIpc) is 2.93. The number of aryl methyl sites for hydroxylation is 1. The number of nitrogens with zero attached hydrogens (tertiary/aromatic N) is 1. The van der Waals surface area contributed by atoms with Crippen LogP contribution in [0.4, 0.5) is 5.69 Å². The molecule has 0 bridgehead atoms. The van der Waals surface area contributed by atoms with Crippen LogP contribution in [0.5, 0.6) is 0 Å². The van der Waals surface area contributed by atoms with E-state index in [1.807, 2.05) is 6.92 Å². The predicted molar refractivity (Wildman–Crippen MR) is 86.4 cm³/mol. The van der Waals surface area contributed by atoms with Crippen LogP contribution in [0, 0.1) is 12.8 Å². The van der Waals surface area contributed by atoms with E-state index in [2.05, 4.69) is 45.3 Å². The van der Waals surface area contributed by atoms with Crippen molar-refractivity contribution >= 4 is 17.0 Å². The molecule has 0 radical (unpaired) electrons. The molecule has 1 aromatic heterocycles. The highest BCUT2D eigenvalue weighted by Crippen LogP contribution is 2.24. The zero-order valence-corrected chi connectivity index (χ0v) is 12.7. The van der Waals surface area contributed by atoms with E-state index in [0.29, 0.717) is 0 Å². The summed E-state index contributed by atoms with van der Waals surface area (Å²) in [6.45, 7) is 5.43. The van der Waals surface area contributed by atoms with Gasteiger partial charge in [-0.2, -0.15) is 0 Å². The smallest absolute Gasteiger partial charge is 0.0901 e. The molecule has 0 saturated carbocycles. The number of rotatable bonds is 4. The first-order valence-corrected chi connectivity index (χ1v) is 8.16. The first-order chi connectivity index (χ1) is 9.81. The summed E-state index contributed by atoms with van der Waals surface area (Å²) in [5.74, 6) is 0.793. The molecule has 0 amide bonds. The summed E-state index contributed by atoms with van der Waals surface area (Å²) in [4.78, 5) is 4.55. The molecule has 3 nitrogen and oxygen atoms in total. The van der Waals surface area contributed by atoms with E-state index in [9.17, 15) is 0 Å². The number of anilines is 1. The molecule has 0 spiro atoms. The van der Waals surface area contributed by atoms with E-state index in [1.165, 1.54) is 24.1 Å². The molecular weight excluding hydrogens is 266 g/mol. The summed E-state index contributed by atoms with van der Waals surface area (Å²) in [6, 6.07) is 8.58. The highest BCUT2D eigenvalue weighted by molar-refractivity contribution is 7.09. The molecule has 1 aliphatic rings. The fraction of sp³-hybridized carbons (Fsp3) is 0.438. The van der Waals surface area contributed by atoms with E-state index >= 15 is 0 Å². The van der Waals surface area contributed by atoms with Gasteiger partial charge in [-0.15, -0.1) is 11.3 Å². The maximum absolute atomic E-state index is 4.55. The molecule has 2 N–H and O–H groups in total. The minimum atomic E-state index is 0.793. The number of hydrogen-bond donors (Lipinski definition) is 2. The highest BCUT2D eigenvalue weighted by atomic mass is 32.1. The Morgan fingerprint density at radius 1 is 1.35 bits per heavy atom. The van der Waals surface area contributed by atoms with Crippen LogP contribution >= 0.6 is 11.3 Å². The molecule has 4 heteroatoms. The van der Waals surface area contributed by atoms with E-state index in [4.69, 9.17) is 0 Å². The molecular formula is C16H21N3S. The van der Waals surface area contributed by atoms with Gasteiger partial charge in [-0.05, 0) is 50.9 Å². The van der Waals surface area contributed by atoms with Gasteiger partial charge >= 0.3 is 0 Å². The number of benzene rings is 1. The van der Waals surface area contributed by atoms with Crippen molar-refractivity contribution < 1.29 is 0 Å².